The molecule has 0 saturated carbocycles. The van der Waals surface area contributed by atoms with E-state index in [2.05, 4.69) is 15.3 Å². The van der Waals surface area contributed by atoms with Crippen LogP contribution in [0.4, 0.5) is 16.0 Å². The van der Waals surface area contributed by atoms with Crippen LogP contribution in [0, 0.1) is 6.92 Å². The molecule has 0 saturated heterocycles. The Morgan fingerprint density at radius 3 is 2.82 bits per heavy atom. The van der Waals surface area contributed by atoms with Crippen molar-refractivity contribution in [1.82, 2.24) is 9.97 Å². The van der Waals surface area contributed by atoms with Gasteiger partial charge in [-0.15, -0.1) is 0 Å². The molecule has 2 rings (SSSR count). The molecular weight excluding hydrogens is 217 g/mol. The SMILES string of the molecule is Cc1cccc(Nc2nccc([C@@H](C)F)n2)c1. The first-order valence-corrected chi connectivity index (χ1v) is 5.46. The molecule has 2 aromatic rings. The highest BCUT2D eigenvalue weighted by molar-refractivity contribution is 5.54. The van der Waals surface area contributed by atoms with Gasteiger partial charge >= 0.3 is 0 Å². The number of hydrogen-bond acceptors (Lipinski definition) is 3. The second-order valence-corrected chi connectivity index (χ2v) is 3.92. The summed E-state index contributed by atoms with van der Waals surface area (Å²) in [5.41, 5.74) is 2.42. The summed E-state index contributed by atoms with van der Waals surface area (Å²) in [5, 5.41) is 3.05. The van der Waals surface area contributed by atoms with Gasteiger partial charge in [0, 0.05) is 11.9 Å². The predicted molar refractivity (Wildman–Crippen MR) is 66.0 cm³/mol. The van der Waals surface area contributed by atoms with Crippen LogP contribution >= 0.6 is 0 Å². The van der Waals surface area contributed by atoms with Crippen molar-refractivity contribution in [2.45, 2.75) is 20.0 Å². The zero-order valence-corrected chi connectivity index (χ0v) is 9.81. The number of benzene rings is 1. The largest absolute Gasteiger partial charge is 0.324 e. The van der Waals surface area contributed by atoms with Gasteiger partial charge < -0.3 is 5.32 Å². The van der Waals surface area contributed by atoms with Crippen molar-refractivity contribution < 1.29 is 4.39 Å². The minimum absolute atomic E-state index is 0.384. The zero-order valence-electron chi connectivity index (χ0n) is 9.81. The topological polar surface area (TPSA) is 37.8 Å². The molecule has 3 nitrogen and oxygen atoms in total. The van der Waals surface area contributed by atoms with E-state index < -0.39 is 6.17 Å². The van der Waals surface area contributed by atoms with Crippen LogP contribution in [0.3, 0.4) is 0 Å². The first-order valence-electron chi connectivity index (χ1n) is 5.46. The van der Waals surface area contributed by atoms with Gasteiger partial charge in [-0.1, -0.05) is 12.1 Å². The molecule has 1 N–H and O–H groups in total. The van der Waals surface area contributed by atoms with Crippen LogP contribution in [0.25, 0.3) is 0 Å². The van der Waals surface area contributed by atoms with Crippen molar-refractivity contribution in [3.8, 4) is 0 Å². The maximum absolute atomic E-state index is 13.1. The lowest BCUT2D eigenvalue weighted by molar-refractivity contribution is 0.365. The van der Waals surface area contributed by atoms with E-state index in [-0.39, 0.29) is 0 Å². The molecule has 0 aliphatic carbocycles. The number of nitrogens with zero attached hydrogens (tertiary/aromatic N) is 2. The van der Waals surface area contributed by atoms with E-state index in [0.717, 1.165) is 11.3 Å². The summed E-state index contributed by atoms with van der Waals surface area (Å²) >= 11 is 0. The van der Waals surface area contributed by atoms with Crippen LogP contribution in [0.2, 0.25) is 0 Å². The van der Waals surface area contributed by atoms with Gasteiger partial charge in [0.1, 0.15) is 6.17 Å². The van der Waals surface area contributed by atoms with Gasteiger partial charge in [0.25, 0.3) is 0 Å². The second-order valence-electron chi connectivity index (χ2n) is 3.92. The summed E-state index contributed by atoms with van der Waals surface area (Å²) in [7, 11) is 0. The number of rotatable bonds is 3. The van der Waals surface area contributed by atoms with Crippen LogP contribution in [-0.4, -0.2) is 9.97 Å². The van der Waals surface area contributed by atoms with Crippen molar-refractivity contribution in [3.63, 3.8) is 0 Å². The Morgan fingerprint density at radius 2 is 2.12 bits per heavy atom. The lowest BCUT2D eigenvalue weighted by atomic mass is 10.2. The standard InChI is InChI=1S/C13H14FN3/c1-9-4-3-5-11(8-9)16-13-15-7-6-12(17-13)10(2)14/h3-8,10H,1-2H3,(H,15,16,17)/t10-/m1/s1. The number of nitrogens with one attached hydrogen (secondary N) is 1. The molecule has 1 aromatic carbocycles. The highest BCUT2D eigenvalue weighted by Crippen LogP contribution is 2.17. The van der Waals surface area contributed by atoms with E-state index in [1.807, 2.05) is 31.2 Å². The molecule has 0 radical (unpaired) electrons. The fourth-order valence-electron chi connectivity index (χ4n) is 1.51. The van der Waals surface area contributed by atoms with Gasteiger partial charge in [-0.25, -0.2) is 14.4 Å². The molecule has 0 aliphatic rings. The first-order chi connectivity index (χ1) is 8.15. The Morgan fingerprint density at radius 1 is 1.29 bits per heavy atom. The molecule has 4 heteroatoms. The second kappa shape index (κ2) is 4.91. The summed E-state index contributed by atoms with van der Waals surface area (Å²) in [6.45, 7) is 3.46. The quantitative estimate of drug-likeness (QED) is 0.877. The van der Waals surface area contributed by atoms with E-state index in [0.29, 0.717) is 11.6 Å². The van der Waals surface area contributed by atoms with Crippen LogP contribution in [0.15, 0.2) is 36.5 Å². The molecule has 1 heterocycles. The highest BCUT2D eigenvalue weighted by atomic mass is 19.1. The summed E-state index contributed by atoms with van der Waals surface area (Å²) in [6, 6.07) is 9.42. The monoisotopic (exact) mass is 231 g/mol. The van der Waals surface area contributed by atoms with Crippen LogP contribution in [0.1, 0.15) is 24.4 Å². The fraction of sp³-hybridized carbons (Fsp3) is 0.231. The third kappa shape index (κ3) is 3.00. The van der Waals surface area contributed by atoms with E-state index in [9.17, 15) is 4.39 Å². The van der Waals surface area contributed by atoms with E-state index in [1.54, 1.807) is 12.3 Å². The summed E-state index contributed by atoms with van der Waals surface area (Å²) in [6.07, 6.45) is 0.465. The number of aromatic nitrogens is 2. The van der Waals surface area contributed by atoms with Gasteiger partial charge in [-0.3, -0.25) is 0 Å². The normalized spacial score (nSPS) is 12.2. The number of alkyl halides is 1. The third-order valence-corrected chi connectivity index (χ3v) is 2.36. The third-order valence-electron chi connectivity index (χ3n) is 2.36. The molecule has 1 atom stereocenters. The number of hydrogen-bond donors (Lipinski definition) is 1. The van der Waals surface area contributed by atoms with Crippen molar-refractivity contribution >= 4 is 11.6 Å². The summed E-state index contributed by atoms with van der Waals surface area (Å²) in [5.74, 6) is 0.414. The highest BCUT2D eigenvalue weighted by Gasteiger charge is 2.06. The molecule has 0 spiro atoms. The average Bonchev–Trinajstić information content (AvgIpc) is 2.29. The Kier molecular flexibility index (Phi) is 3.32. The van der Waals surface area contributed by atoms with Gasteiger partial charge in [0.2, 0.25) is 5.95 Å². The molecule has 0 amide bonds. The first kappa shape index (κ1) is 11.5. The van der Waals surface area contributed by atoms with Gasteiger partial charge in [-0.2, -0.15) is 0 Å². The van der Waals surface area contributed by atoms with Crippen LogP contribution in [0.5, 0.6) is 0 Å². The molecule has 0 fully saturated rings. The Bertz CT molecular complexity index is 512. The zero-order chi connectivity index (χ0) is 12.3. The molecule has 17 heavy (non-hydrogen) atoms. The van der Waals surface area contributed by atoms with Crippen molar-refractivity contribution in [2.24, 2.45) is 0 Å². The summed E-state index contributed by atoms with van der Waals surface area (Å²) in [4.78, 5) is 8.16. The average molecular weight is 231 g/mol. The van der Waals surface area contributed by atoms with Crippen LogP contribution in [-0.2, 0) is 0 Å². The molecule has 88 valence electrons. The lowest BCUT2D eigenvalue weighted by Gasteiger charge is -2.07. The molecule has 0 bridgehead atoms. The van der Waals surface area contributed by atoms with Crippen molar-refractivity contribution in [1.29, 1.82) is 0 Å². The van der Waals surface area contributed by atoms with E-state index in [4.69, 9.17) is 0 Å². The fourth-order valence-corrected chi connectivity index (χ4v) is 1.51. The minimum Gasteiger partial charge on any atom is -0.324 e. The number of aryl methyl sites for hydroxylation is 1. The maximum atomic E-state index is 13.1. The lowest BCUT2D eigenvalue weighted by Crippen LogP contribution is -2.00. The molecule has 1 aromatic heterocycles. The Labute approximate surface area is 99.7 Å². The smallest absolute Gasteiger partial charge is 0.227 e. The van der Waals surface area contributed by atoms with Crippen molar-refractivity contribution in [3.05, 3.63) is 47.8 Å². The van der Waals surface area contributed by atoms with Crippen LogP contribution < -0.4 is 5.32 Å². The predicted octanol–water partition coefficient (Wildman–Crippen LogP) is 3.56. The molecule has 0 unspecified atom stereocenters. The van der Waals surface area contributed by atoms with E-state index >= 15 is 0 Å². The van der Waals surface area contributed by atoms with Gasteiger partial charge in [0.05, 0.1) is 5.69 Å². The van der Waals surface area contributed by atoms with Gasteiger partial charge in [-0.05, 0) is 37.6 Å². The maximum Gasteiger partial charge on any atom is 0.227 e. The number of halogens is 1. The number of anilines is 2. The summed E-state index contributed by atoms with van der Waals surface area (Å²) < 4.78 is 13.1. The minimum atomic E-state index is -1.09. The molecular formula is C13H14FN3. The Balaban J connectivity index is 2.21. The van der Waals surface area contributed by atoms with Gasteiger partial charge in [0.15, 0.2) is 0 Å². The molecule has 0 aliphatic heterocycles. The Hall–Kier alpha value is -1.97. The van der Waals surface area contributed by atoms with E-state index in [1.165, 1.54) is 6.92 Å². The van der Waals surface area contributed by atoms with Crippen molar-refractivity contribution in [2.75, 3.05) is 5.32 Å².